The van der Waals surface area contributed by atoms with Gasteiger partial charge < -0.3 is 14.6 Å². The number of para-hydroxylation sites is 1. The Hall–Kier alpha value is -2.56. The molecule has 4 aromatic rings. The zero-order valence-electron chi connectivity index (χ0n) is 16.3. The molecule has 0 aliphatic carbocycles. The zero-order valence-corrected chi connectivity index (χ0v) is 16.3. The van der Waals surface area contributed by atoms with Gasteiger partial charge in [0.25, 0.3) is 0 Å². The highest BCUT2D eigenvalue weighted by atomic mass is 16.4. The van der Waals surface area contributed by atoms with Crippen molar-refractivity contribution in [3.63, 3.8) is 0 Å². The summed E-state index contributed by atoms with van der Waals surface area (Å²) in [6, 6.07) is 22.7. The van der Waals surface area contributed by atoms with E-state index >= 15 is 0 Å². The molecule has 0 spiro atoms. The molecule has 0 fully saturated rings. The lowest BCUT2D eigenvalue weighted by Crippen LogP contribution is -2.29. The van der Waals surface area contributed by atoms with Gasteiger partial charge in [-0.15, -0.1) is 0 Å². The van der Waals surface area contributed by atoms with Crippen molar-refractivity contribution in [2.45, 2.75) is 39.0 Å². The number of aryl methyl sites for hydroxylation is 1. The minimum atomic E-state index is -1.46. The molecule has 1 aromatic heterocycles. The van der Waals surface area contributed by atoms with E-state index < -0.39 is 7.12 Å². The highest BCUT2D eigenvalue weighted by Crippen LogP contribution is 2.31. The molecule has 0 aliphatic rings. The maximum absolute atomic E-state index is 9.56. The van der Waals surface area contributed by atoms with Crippen LogP contribution in [-0.4, -0.2) is 21.7 Å². The molecule has 0 unspecified atom stereocenters. The van der Waals surface area contributed by atoms with Crippen LogP contribution in [-0.2, 0) is 6.42 Å². The number of benzene rings is 3. The number of hydrogen-bond acceptors (Lipinski definition) is 2. The van der Waals surface area contributed by atoms with Crippen molar-refractivity contribution in [1.82, 2.24) is 4.57 Å². The fourth-order valence-electron chi connectivity index (χ4n) is 4.00. The van der Waals surface area contributed by atoms with Gasteiger partial charge in [-0.3, -0.25) is 0 Å². The van der Waals surface area contributed by atoms with E-state index in [2.05, 4.69) is 47.9 Å². The summed E-state index contributed by atoms with van der Waals surface area (Å²) >= 11 is 0. The first-order valence-electron chi connectivity index (χ1n) is 10.2. The molecular weight excluding hydrogens is 345 g/mol. The molecule has 0 aliphatic heterocycles. The third kappa shape index (κ3) is 3.58. The minimum Gasteiger partial charge on any atom is -0.423 e. The summed E-state index contributed by atoms with van der Waals surface area (Å²) in [7, 11) is -1.46. The van der Waals surface area contributed by atoms with E-state index in [0.29, 0.717) is 5.46 Å². The fraction of sp³-hybridized carbons (Fsp3) is 0.250. The lowest BCUT2D eigenvalue weighted by molar-refractivity contribution is 0.426. The maximum atomic E-state index is 9.56. The van der Waals surface area contributed by atoms with Crippen LogP contribution in [0.4, 0.5) is 0 Å². The third-order valence-corrected chi connectivity index (χ3v) is 5.51. The van der Waals surface area contributed by atoms with Crippen LogP contribution < -0.4 is 5.46 Å². The van der Waals surface area contributed by atoms with Gasteiger partial charge in [0.15, 0.2) is 0 Å². The summed E-state index contributed by atoms with van der Waals surface area (Å²) in [5.74, 6) is 0. The second-order valence-corrected chi connectivity index (χ2v) is 7.48. The van der Waals surface area contributed by atoms with E-state index in [1.807, 2.05) is 24.3 Å². The van der Waals surface area contributed by atoms with Crippen LogP contribution in [0.1, 0.15) is 38.2 Å². The van der Waals surface area contributed by atoms with Crippen molar-refractivity contribution in [2.24, 2.45) is 0 Å². The standard InChI is InChI=1S/C24H26BNO2/c1-2-3-4-5-8-18-11-14-20(15-12-18)26-23-10-7-6-9-21(23)22-17-19(25(27)28)13-16-24(22)26/h6-7,9-17,27-28H,2-5,8H2,1H3. The predicted molar refractivity (Wildman–Crippen MR) is 118 cm³/mol. The molecule has 0 bridgehead atoms. The first-order valence-corrected chi connectivity index (χ1v) is 10.2. The van der Waals surface area contributed by atoms with Gasteiger partial charge in [0.1, 0.15) is 0 Å². The Morgan fingerprint density at radius 3 is 2.29 bits per heavy atom. The van der Waals surface area contributed by atoms with Crippen molar-refractivity contribution in [1.29, 1.82) is 0 Å². The van der Waals surface area contributed by atoms with Gasteiger partial charge in [0, 0.05) is 16.5 Å². The first kappa shape index (κ1) is 18.8. The third-order valence-electron chi connectivity index (χ3n) is 5.51. The molecule has 0 saturated carbocycles. The van der Waals surface area contributed by atoms with Gasteiger partial charge in [0.2, 0.25) is 0 Å². The van der Waals surface area contributed by atoms with Crippen molar-refractivity contribution in [2.75, 3.05) is 0 Å². The van der Waals surface area contributed by atoms with Crippen molar-refractivity contribution in [3.05, 3.63) is 72.3 Å². The van der Waals surface area contributed by atoms with E-state index in [4.69, 9.17) is 0 Å². The lowest BCUT2D eigenvalue weighted by atomic mass is 9.80. The molecule has 0 radical (unpaired) electrons. The van der Waals surface area contributed by atoms with Crippen LogP contribution in [0.25, 0.3) is 27.5 Å². The quantitative estimate of drug-likeness (QED) is 0.369. The molecule has 3 aromatic carbocycles. The number of nitrogens with zero attached hydrogens (tertiary/aromatic N) is 1. The summed E-state index contributed by atoms with van der Waals surface area (Å²) < 4.78 is 2.25. The molecule has 142 valence electrons. The highest BCUT2D eigenvalue weighted by Gasteiger charge is 2.16. The molecule has 0 atom stereocenters. The Bertz CT molecular complexity index is 1080. The first-order chi connectivity index (χ1) is 13.7. The van der Waals surface area contributed by atoms with Gasteiger partial charge in [-0.2, -0.15) is 0 Å². The van der Waals surface area contributed by atoms with Crippen LogP contribution in [0.15, 0.2) is 66.7 Å². The van der Waals surface area contributed by atoms with Crippen LogP contribution in [0.5, 0.6) is 0 Å². The second-order valence-electron chi connectivity index (χ2n) is 7.48. The predicted octanol–water partition coefficient (Wildman–Crippen LogP) is 4.59. The van der Waals surface area contributed by atoms with Gasteiger partial charge in [-0.1, -0.05) is 68.7 Å². The number of hydrogen-bond donors (Lipinski definition) is 2. The minimum absolute atomic E-state index is 0.512. The molecule has 2 N–H and O–H groups in total. The van der Waals surface area contributed by atoms with Crippen molar-refractivity contribution < 1.29 is 10.0 Å². The van der Waals surface area contributed by atoms with E-state index in [0.717, 1.165) is 33.9 Å². The molecule has 28 heavy (non-hydrogen) atoms. The lowest BCUT2D eigenvalue weighted by Gasteiger charge is -2.09. The van der Waals surface area contributed by atoms with Crippen LogP contribution in [0.3, 0.4) is 0 Å². The largest absolute Gasteiger partial charge is 0.488 e. The van der Waals surface area contributed by atoms with Crippen LogP contribution >= 0.6 is 0 Å². The summed E-state index contributed by atoms with van der Waals surface area (Å²) in [4.78, 5) is 0. The number of fused-ring (bicyclic) bond motifs is 3. The van der Waals surface area contributed by atoms with Crippen LogP contribution in [0.2, 0.25) is 0 Å². The van der Waals surface area contributed by atoms with E-state index in [-0.39, 0.29) is 0 Å². The molecule has 3 nitrogen and oxygen atoms in total. The Morgan fingerprint density at radius 1 is 0.786 bits per heavy atom. The SMILES string of the molecule is CCCCCCc1ccc(-n2c3ccccc3c3cc(B(O)O)ccc32)cc1. The average molecular weight is 371 g/mol. The number of rotatable bonds is 7. The van der Waals surface area contributed by atoms with Gasteiger partial charge in [-0.25, -0.2) is 0 Å². The van der Waals surface area contributed by atoms with Gasteiger partial charge in [0.05, 0.1) is 11.0 Å². The van der Waals surface area contributed by atoms with Gasteiger partial charge in [-0.05, 0) is 48.1 Å². The highest BCUT2D eigenvalue weighted by molar-refractivity contribution is 6.59. The van der Waals surface area contributed by atoms with Crippen molar-refractivity contribution in [3.8, 4) is 5.69 Å². The molecular formula is C24H26BNO2. The fourth-order valence-corrected chi connectivity index (χ4v) is 4.00. The summed E-state index contributed by atoms with van der Waals surface area (Å²) in [6.07, 6.45) is 6.25. The number of aromatic nitrogens is 1. The van der Waals surface area contributed by atoms with Crippen LogP contribution in [0, 0.1) is 0 Å². The Balaban J connectivity index is 1.75. The van der Waals surface area contributed by atoms with E-state index in [1.165, 1.54) is 31.2 Å². The number of unbranched alkanes of at least 4 members (excludes halogenated alkanes) is 3. The Labute approximate surface area is 166 Å². The Morgan fingerprint density at radius 2 is 1.54 bits per heavy atom. The molecule has 0 saturated heterocycles. The topological polar surface area (TPSA) is 45.4 Å². The van der Waals surface area contributed by atoms with Gasteiger partial charge >= 0.3 is 7.12 Å². The Kier molecular flexibility index (Phi) is 5.51. The molecule has 0 amide bonds. The average Bonchev–Trinajstić information content (AvgIpc) is 3.05. The van der Waals surface area contributed by atoms with E-state index in [1.54, 1.807) is 6.07 Å². The summed E-state index contributed by atoms with van der Waals surface area (Å²) in [5, 5.41) is 21.3. The normalized spacial score (nSPS) is 11.4. The van der Waals surface area contributed by atoms with E-state index in [9.17, 15) is 10.0 Å². The van der Waals surface area contributed by atoms with Crippen molar-refractivity contribution >= 4 is 34.4 Å². The zero-order chi connectivity index (χ0) is 19.5. The molecule has 1 heterocycles. The monoisotopic (exact) mass is 371 g/mol. The second kappa shape index (κ2) is 8.21. The summed E-state index contributed by atoms with van der Waals surface area (Å²) in [5.41, 5.74) is 5.21. The molecule has 4 heteroatoms. The summed E-state index contributed by atoms with van der Waals surface area (Å²) in [6.45, 7) is 2.24. The molecule has 4 rings (SSSR count). The maximum Gasteiger partial charge on any atom is 0.488 e. The smallest absolute Gasteiger partial charge is 0.423 e.